The molecule has 3 N–H and O–H groups in total. The molecule has 1 aromatic heterocycles. The zero-order valence-electron chi connectivity index (χ0n) is 24.9. The van der Waals surface area contributed by atoms with E-state index in [4.69, 9.17) is 0 Å². The van der Waals surface area contributed by atoms with Crippen molar-refractivity contribution in [1.29, 1.82) is 0 Å². The first-order chi connectivity index (χ1) is 19.7. The minimum atomic E-state index is -0.941. The van der Waals surface area contributed by atoms with Crippen LogP contribution in [0.5, 0.6) is 0 Å². The van der Waals surface area contributed by atoms with Gasteiger partial charge in [0.25, 0.3) is 0 Å². The van der Waals surface area contributed by atoms with Gasteiger partial charge in [-0.25, -0.2) is 4.79 Å². The molecule has 3 aliphatic rings. The van der Waals surface area contributed by atoms with Gasteiger partial charge in [0.2, 0.25) is 11.8 Å². The highest BCUT2D eigenvalue weighted by Crippen LogP contribution is 2.40. The van der Waals surface area contributed by atoms with E-state index in [0.29, 0.717) is 38.4 Å². The van der Waals surface area contributed by atoms with Crippen LogP contribution in [0.15, 0.2) is 30.3 Å². The molecular formula is C33H46N4O4. The van der Waals surface area contributed by atoms with Gasteiger partial charge in [-0.05, 0) is 74.8 Å². The standard InChI is InChI=1S/C33H46N4O4/c1-4-5-17-37-30(38)28(21-24-9-7-6-8-10-24)35-32(41)33(37)15-18-36(19-16-33)29(27-20-22(2)34-23(27)3)25-11-13-26(14-12-25)31(39)40/h11-14,20,24,28-29,34H,4-10,15-19,21H2,1-3H3,(H,35,41)(H,39,40). The van der Waals surface area contributed by atoms with Crippen molar-refractivity contribution >= 4 is 17.8 Å². The molecule has 1 saturated carbocycles. The van der Waals surface area contributed by atoms with E-state index in [2.05, 4.69) is 35.1 Å². The summed E-state index contributed by atoms with van der Waals surface area (Å²) in [6.45, 7) is 8.18. The van der Waals surface area contributed by atoms with Gasteiger partial charge in [0, 0.05) is 31.0 Å². The van der Waals surface area contributed by atoms with Crippen molar-refractivity contribution in [3.63, 3.8) is 0 Å². The van der Waals surface area contributed by atoms with Crippen LogP contribution in [0.25, 0.3) is 0 Å². The van der Waals surface area contributed by atoms with Crippen LogP contribution < -0.4 is 5.32 Å². The third kappa shape index (κ3) is 5.94. The van der Waals surface area contributed by atoms with Gasteiger partial charge in [-0.2, -0.15) is 0 Å². The van der Waals surface area contributed by atoms with E-state index in [-0.39, 0.29) is 23.4 Å². The van der Waals surface area contributed by atoms with E-state index in [1.54, 1.807) is 12.1 Å². The average molecular weight is 563 g/mol. The summed E-state index contributed by atoms with van der Waals surface area (Å²) in [5.74, 6) is -0.299. The summed E-state index contributed by atoms with van der Waals surface area (Å²) in [4.78, 5) is 47.2. The predicted molar refractivity (Wildman–Crippen MR) is 159 cm³/mol. The van der Waals surface area contributed by atoms with E-state index < -0.39 is 17.6 Å². The second-order valence-electron chi connectivity index (χ2n) is 12.5. The Bertz CT molecular complexity index is 1240. The number of amides is 2. The number of piperazine rings is 1. The molecule has 3 fully saturated rings. The molecule has 2 aromatic rings. The van der Waals surface area contributed by atoms with Crippen molar-refractivity contribution < 1.29 is 19.5 Å². The van der Waals surface area contributed by atoms with Gasteiger partial charge < -0.3 is 20.3 Å². The molecule has 2 unspecified atom stereocenters. The second-order valence-corrected chi connectivity index (χ2v) is 12.5. The molecule has 2 aliphatic heterocycles. The highest BCUT2D eigenvalue weighted by atomic mass is 16.4. The van der Waals surface area contributed by atoms with Crippen LogP contribution in [0, 0.1) is 19.8 Å². The van der Waals surface area contributed by atoms with E-state index in [1.807, 2.05) is 24.0 Å². The lowest BCUT2D eigenvalue weighted by atomic mass is 9.78. The highest BCUT2D eigenvalue weighted by molar-refractivity contribution is 6.00. The van der Waals surface area contributed by atoms with Gasteiger partial charge in [-0.1, -0.05) is 57.6 Å². The molecule has 5 rings (SSSR count). The minimum Gasteiger partial charge on any atom is -0.478 e. The van der Waals surface area contributed by atoms with Gasteiger partial charge in [-0.15, -0.1) is 0 Å². The van der Waals surface area contributed by atoms with Crippen LogP contribution in [0.3, 0.4) is 0 Å². The quantitative estimate of drug-likeness (QED) is 0.382. The second kappa shape index (κ2) is 12.4. The fourth-order valence-corrected chi connectivity index (χ4v) is 7.51. The van der Waals surface area contributed by atoms with Gasteiger partial charge in [-0.3, -0.25) is 14.5 Å². The molecule has 2 atom stereocenters. The number of aromatic carboxylic acids is 1. The molecule has 1 spiro atoms. The van der Waals surface area contributed by atoms with Crippen LogP contribution in [-0.4, -0.2) is 68.9 Å². The summed E-state index contributed by atoms with van der Waals surface area (Å²) >= 11 is 0. The number of carbonyl (C=O) groups excluding carboxylic acids is 2. The molecule has 0 bridgehead atoms. The Morgan fingerprint density at radius 1 is 1.07 bits per heavy atom. The number of piperidine rings is 1. The average Bonchev–Trinajstić information content (AvgIpc) is 3.30. The van der Waals surface area contributed by atoms with Crippen molar-refractivity contribution in [3.05, 3.63) is 58.4 Å². The lowest BCUT2D eigenvalue weighted by molar-refractivity contribution is -0.162. The van der Waals surface area contributed by atoms with Crippen molar-refractivity contribution in [2.45, 2.75) is 103 Å². The smallest absolute Gasteiger partial charge is 0.335 e. The number of unbranched alkanes of at least 4 members (excludes halogenated alkanes) is 1. The maximum atomic E-state index is 14.0. The summed E-state index contributed by atoms with van der Waals surface area (Å²) in [6, 6.07) is 8.81. The lowest BCUT2D eigenvalue weighted by Crippen LogP contribution is -2.73. The number of H-pyrrole nitrogens is 1. The summed E-state index contributed by atoms with van der Waals surface area (Å²) < 4.78 is 0. The van der Waals surface area contributed by atoms with Crippen LogP contribution in [0.1, 0.15) is 110 Å². The number of rotatable bonds is 9. The monoisotopic (exact) mass is 562 g/mol. The summed E-state index contributed by atoms with van der Waals surface area (Å²) in [5.41, 5.74) is 3.78. The molecule has 1 aliphatic carbocycles. The summed E-state index contributed by atoms with van der Waals surface area (Å²) in [5, 5.41) is 12.6. The van der Waals surface area contributed by atoms with E-state index in [1.165, 1.54) is 19.3 Å². The minimum absolute atomic E-state index is 0.0182. The van der Waals surface area contributed by atoms with E-state index in [9.17, 15) is 19.5 Å². The Balaban J connectivity index is 1.39. The number of carboxylic acids is 1. The van der Waals surface area contributed by atoms with Crippen LogP contribution in [0.2, 0.25) is 0 Å². The molecule has 222 valence electrons. The number of nitrogens with zero attached hydrogens (tertiary/aromatic N) is 2. The lowest BCUT2D eigenvalue weighted by Gasteiger charge is -2.53. The number of aromatic amines is 1. The van der Waals surface area contributed by atoms with Crippen molar-refractivity contribution in [2.24, 2.45) is 5.92 Å². The van der Waals surface area contributed by atoms with Crippen LogP contribution in [0.4, 0.5) is 0 Å². The summed E-state index contributed by atoms with van der Waals surface area (Å²) in [6.07, 6.45) is 9.81. The number of hydrogen-bond acceptors (Lipinski definition) is 4. The van der Waals surface area contributed by atoms with Gasteiger partial charge in [0.05, 0.1) is 11.6 Å². The number of likely N-dealkylation sites (tertiary alicyclic amines) is 1. The zero-order valence-corrected chi connectivity index (χ0v) is 24.9. The number of carboxylic acid groups (broad SMARTS) is 1. The first-order valence-corrected chi connectivity index (χ1v) is 15.6. The van der Waals surface area contributed by atoms with Crippen molar-refractivity contribution in [1.82, 2.24) is 20.1 Å². The fraction of sp³-hybridized carbons (Fsp3) is 0.606. The molecular weight excluding hydrogens is 516 g/mol. The largest absolute Gasteiger partial charge is 0.478 e. The van der Waals surface area contributed by atoms with Gasteiger partial charge in [0.15, 0.2) is 0 Å². The van der Waals surface area contributed by atoms with Crippen molar-refractivity contribution in [3.8, 4) is 0 Å². The Hall–Kier alpha value is -3.13. The molecule has 3 heterocycles. The Kier molecular flexibility index (Phi) is 8.88. The molecule has 2 saturated heterocycles. The number of aryl methyl sites for hydroxylation is 2. The molecule has 8 nitrogen and oxygen atoms in total. The SMILES string of the molecule is CCCCN1C(=O)C(CC2CCCCC2)NC(=O)C12CCN(C(c1ccc(C(=O)O)cc1)c1cc(C)[nH]c1C)CC2. The molecule has 2 amide bonds. The third-order valence-corrected chi connectivity index (χ3v) is 9.79. The highest BCUT2D eigenvalue weighted by Gasteiger charge is 2.54. The number of benzene rings is 1. The van der Waals surface area contributed by atoms with E-state index >= 15 is 0 Å². The Morgan fingerprint density at radius 2 is 1.76 bits per heavy atom. The molecule has 8 heteroatoms. The topological polar surface area (TPSA) is 106 Å². The van der Waals surface area contributed by atoms with Gasteiger partial charge >= 0.3 is 5.97 Å². The zero-order chi connectivity index (χ0) is 29.1. The first-order valence-electron chi connectivity index (χ1n) is 15.6. The van der Waals surface area contributed by atoms with Gasteiger partial charge in [0.1, 0.15) is 11.6 Å². The number of aromatic nitrogens is 1. The first kappa shape index (κ1) is 29.4. The van der Waals surface area contributed by atoms with E-state index in [0.717, 1.165) is 54.6 Å². The van der Waals surface area contributed by atoms with Crippen LogP contribution >= 0.6 is 0 Å². The molecule has 41 heavy (non-hydrogen) atoms. The maximum Gasteiger partial charge on any atom is 0.335 e. The number of carbonyl (C=O) groups is 3. The predicted octanol–water partition coefficient (Wildman–Crippen LogP) is 5.35. The molecule has 1 aromatic carbocycles. The fourth-order valence-electron chi connectivity index (χ4n) is 7.51. The third-order valence-electron chi connectivity index (χ3n) is 9.79. The Morgan fingerprint density at radius 3 is 2.34 bits per heavy atom. The number of hydrogen-bond donors (Lipinski definition) is 3. The maximum absolute atomic E-state index is 14.0. The Labute approximate surface area is 243 Å². The van der Waals surface area contributed by atoms with Crippen LogP contribution in [-0.2, 0) is 9.59 Å². The van der Waals surface area contributed by atoms with Crippen molar-refractivity contribution in [2.75, 3.05) is 19.6 Å². The normalized spacial score (nSPS) is 22.6. The number of nitrogens with one attached hydrogen (secondary N) is 2. The molecule has 0 radical (unpaired) electrons. The summed E-state index contributed by atoms with van der Waals surface area (Å²) in [7, 11) is 0.